The Morgan fingerprint density at radius 2 is 1.71 bits per heavy atom. The number of ketones is 1. The van der Waals surface area contributed by atoms with Crippen molar-refractivity contribution in [1.82, 2.24) is 0 Å². The first-order valence-corrected chi connectivity index (χ1v) is 4.88. The molecule has 0 aromatic rings. The molecular weight excluding hydrogens is 172 g/mol. The van der Waals surface area contributed by atoms with Gasteiger partial charge in [0.1, 0.15) is 0 Å². The summed E-state index contributed by atoms with van der Waals surface area (Å²) < 4.78 is 0. The van der Waals surface area contributed by atoms with E-state index in [0.717, 1.165) is 0 Å². The van der Waals surface area contributed by atoms with Gasteiger partial charge in [-0.05, 0) is 19.9 Å². The molecule has 0 N–H and O–H groups in total. The highest BCUT2D eigenvalue weighted by atomic mass is 16.1. The van der Waals surface area contributed by atoms with Gasteiger partial charge in [-0.25, -0.2) is 0 Å². The van der Waals surface area contributed by atoms with Gasteiger partial charge in [0, 0.05) is 5.57 Å². The third-order valence-electron chi connectivity index (χ3n) is 1.33. The summed E-state index contributed by atoms with van der Waals surface area (Å²) in [5.41, 5.74) is 0.688. The Morgan fingerprint density at radius 1 is 1.14 bits per heavy atom. The lowest BCUT2D eigenvalue weighted by molar-refractivity contribution is -0.111. The molecule has 0 aliphatic carbocycles. The quantitative estimate of drug-likeness (QED) is 0.488. The van der Waals surface area contributed by atoms with E-state index in [9.17, 15) is 4.79 Å². The molecular formula is C13H20O. The minimum atomic E-state index is 0.0260. The van der Waals surface area contributed by atoms with Crippen molar-refractivity contribution < 1.29 is 4.79 Å². The number of carbonyl (C=O) groups excluding carboxylic acids is 1. The van der Waals surface area contributed by atoms with Crippen molar-refractivity contribution in [2.45, 2.75) is 27.7 Å². The molecule has 0 aromatic carbocycles. The van der Waals surface area contributed by atoms with Gasteiger partial charge in [0.05, 0.1) is 0 Å². The smallest absolute Gasteiger partial charge is 0.185 e. The van der Waals surface area contributed by atoms with Crippen molar-refractivity contribution in [1.29, 1.82) is 0 Å². The zero-order chi connectivity index (χ0) is 11.4. The van der Waals surface area contributed by atoms with E-state index in [1.54, 1.807) is 36.5 Å². The molecule has 0 radical (unpaired) electrons. The molecule has 1 nitrogen and oxygen atoms in total. The SMILES string of the molecule is C=C/C=C\C(=C/C)C(=O)/C=C/C.CC. The first-order chi connectivity index (χ1) is 6.76. The van der Waals surface area contributed by atoms with E-state index >= 15 is 0 Å². The second-order valence-electron chi connectivity index (χ2n) is 2.20. The van der Waals surface area contributed by atoms with Gasteiger partial charge in [0.15, 0.2) is 5.78 Å². The van der Waals surface area contributed by atoms with Crippen LogP contribution in [0.3, 0.4) is 0 Å². The summed E-state index contributed by atoms with van der Waals surface area (Å²) in [6.07, 6.45) is 10.2. The van der Waals surface area contributed by atoms with Crippen LogP contribution in [0, 0.1) is 0 Å². The molecule has 0 saturated carbocycles. The van der Waals surface area contributed by atoms with Crippen LogP contribution < -0.4 is 0 Å². The fraction of sp³-hybridized carbons (Fsp3) is 0.308. The summed E-state index contributed by atoms with van der Waals surface area (Å²) in [6.45, 7) is 11.2. The van der Waals surface area contributed by atoms with E-state index in [0.29, 0.717) is 5.57 Å². The van der Waals surface area contributed by atoms with Gasteiger partial charge in [-0.3, -0.25) is 4.79 Å². The molecule has 0 aromatic heterocycles. The van der Waals surface area contributed by atoms with Gasteiger partial charge in [-0.2, -0.15) is 0 Å². The van der Waals surface area contributed by atoms with Crippen LogP contribution in [0.4, 0.5) is 0 Å². The lowest BCUT2D eigenvalue weighted by Crippen LogP contribution is -1.94. The molecule has 0 unspecified atom stereocenters. The van der Waals surface area contributed by atoms with E-state index in [1.165, 1.54) is 0 Å². The zero-order valence-corrected chi connectivity index (χ0v) is 9.58. The molecule has 0 fully saturated rings. The van der Waals surface area contributed by atoms with Crippen molar-refractivity contribution in [3.05, 3.63) is 48.6 Å². The third kappa shape index (κ3) is 7.29. The fourth-order valence-corrected chi connectivity index (χ4v) is 0.740. The molecule has 0 atom stereocenters. The summed E-state index contributed by atoms with van der Waals surface area (Å²) in [6, 6.07) is 0. The lowest BCUT2D eigenvalue weighted by Gasteiger charge is -1.92. The maximum Gasteiger partial charge on any atom is 0.185 e. The molecule has 1 heteroatoms. The largest absolute Gasteiger partial charge is 0.289 e. The third-order valence-corrected chi connectivity index (χ3v) is 1.33. The second kappa shape index (κ2) is 11.6. The lowest BCUT2D eigenvalue weighted by atomic mass is 10.1. The standard InChI is InChI=1S/C11H14O.C2H6/c1-4-7-9-10(6-3)11(12)8-5-2;1-2/h4-9H,1H2,2-3H3;1-2H3/b8-5+,9-7-,10-6+;. The number of carbonyl (C=O) groups is 1. The van der Waals surface area contributed by atoms with E-state index in [4.69, 9.17) is 0 Å². The Kier molecular flexibility index (Phi) is 12.6. The van der Waals surface area contributed by atoms with Crippen LogP contribution in [-0.4, -0.2) is 5.78 Å². The van der Waals surface area contributed by atoms with E-state index in [-0.39, 0.29) is 5.78 Å². The number of hydrogen-bond donors (Lipinski definition) is 0. The Balaban J connectivity index is 0. The van der Waals surface area contributed by atoms with Gasteiger partial charge in [0.2, 0.25) is 0 Å². The molecule has 78 valence electrons. The Hall–Kier alpha value is -1.37. The number of allylic oxidation sites excluding steroid dienone is 7. The molecule has 0 heterocycles. The Labute approximate surface area is 87.5 Å². The zero-order valence-electron chi connectivity index (χ0n) is 9.58. The van der Waals surface area contributed by atoms with Crippen LogP contribution in [0.2, 0.25) is 0 Å². The van der Waals surface area contributed by atoms with Crippen LogP contribution in [0.5, 0.6) is 0 Å². The summed E-state index contributed by atoms with van der Waals surface area (Å²) in [5, 5.41) is 0. The molecule has 0 aliphatic rings. The maximum atomic E-state index is 11.2. The Morgan fingerprint density at radius 3 is 2.07 bits per heavy atom. The molecule has 0 saturated heterocycles. The van der Waals surface area contributed by atoms with Gasteiger partial charge in [0.25, 0.3) is 0 Å². The van der Waals surface area contributed by atoms with Gasteiger partial charge in [-0.1, -0.05) is 50.8 Å². The summed E-state index contributed by atoms with van der Waals surface area (Å²) in [5.74, 6) is 0.0260. The highest BCUT2D eigenvalue weighted by Crippen LogP contribution is 2.00. The van der Waals surface area contributed by atoms with E-state index in [2.05, 4.69) is 6.58 Å². The van der Waals surface area contributed by atoms with Crippen LogP contribution in [0.1, 0.15) is 27.7 Å². The highest BCUT2D eigenvalue weighted by molar-refractivity contribution is 6.05. The van der Waals surface area contributed by atoms with Crippen molar-refractivity contribution in [3.8, 4) is 0 Å². The fourth-order valence-electron chi connectivity index (χ4n) is 0.740. The monoisotopic (exact) mass is 192 g/mol. The summed E-state index contributed by atoms with van der Waals surface area (Å²) in [4.78, 5) is 11.2. The summed E-state index contributed by atoms with van der Waals surface area (Å²) >= 11 is 0. The Bertz CT molecular complexity index is 242. The maximum absolute atomic E-state index is 11.2. The van der Waals surface area contributed by atoms with Gasteiger partial charge in [-0.15, -0.1) is 0 Å². The number of hydrogen-bond acceptors (Lipinski definition) is 1. The van der Waals surface area contributed by atoms with Crippen molar-refractivity contribution in [3.63, 3.8) is 0 Å². The molecule has 0 amide bonds. The topological polar surface area (TPSA) is 17.1 Å². The molecule has 0 rings (SSSR count). The molecule has 0 aliphatic heterocycles. The second-order valence-corrected chi connectivity index (χ2v) is 2.20. The van der Waals surface area contributed by atoms with Gasteiger partial charge >= 0.3 is 0 Å². The summed E-state index contributed by atoms with van der Waals surface area (Å²) in [7, 11) is 0. The minimum absolute atomic E-state index is 0.0260. The van der Waals surface area contributed by atoms with Crippen LogP contribution in [0.15, 0.2) is 48.6 Å². The predicted molar refractivity (Wildman–Crippen MR) is 64.3 cm³/mol. The van der Waals surface area contributed by atoms with E-state index in [1.807, 2.05) is 27.7 Å². The predicted octanol–water partition coefficient (Wildman–Crippen LogP) is 3.85. The van der Waals surface area contributed by atoms with Crippen LogP contribution in [-0.2, 0) is 4.79 Å². The van der Waals surface area contributed by atoms with Gasteiger partial charge < -0.3 is 0 Å². The molecule has 14 heavy (non-hydrogen) atoms. The van der Waals surface area contributed by atoms with Crippen LogP contribution in [0.25, 0.3) is 0 Å². The normalized spacial score (nSPS) is 11.3. The average molecular weight is 192 g/mol. The average Bonchev–Trinajstić information content (AvgIpc) is 2.22. The van der Waals surface area contributed by atoms with Crippen LogP contribution >= 0.6 is 0 Å². The minimum Gasteiger partial charge on any atom is -0.289 e. The van der Waals surface area contributed by atoms with E-state index < -0.39 is 0 Å². The molecule has 0 spiro atoms. The highest BCUT2D eigenvalue weighted by Gasteiger charge is 1.98. The first kappa shape index (κ1) is 15.1. The van der Waals surface area contributed by atoms with Crippen molar-refractivity contribution in [2.75, 3.05) is 0 Å². The first-order valence-electron chi connectivity index (χ1n) is 4.88. The molecule has 0 bridgehead atoms. The van der Waals surface area contributed by atoms with Crippen molar-refractivity contribution in [2.24, 2.45) is 0 Å². The van der Waals surface area contributed by atoms with Crippen molar-refractivity contribution >= 4 is 5.78 Å². The number of rotatable bonds is 4.